The molecule has 2 aliphatic heterocycles. The Bertz CT molecular complexity index is 497. The molecule has 0 saturated carbocycles. The molecule has 1 aromatic heterocycles. The van der Waals surface area contributed by atoms with E-state index < -0.39 is 0 Å². The number of carbonyl (C=O) groups excluding carboxylic acids is 1. The van der Waals surface area contributed by atoms with Crippen molar-refractivity contribution in [2.45, 2.75) is 19.1 Å². The second-order valence-corrected chi connectivity index (χ2v) is 6.55. The second kappa shape index (κ2) is 7.50. The van der Waals surface area contributed by atoms with Crippen molar-refractivity contribution in [1.29, 1.82) is 0 Å². The average Bonchev–Trinajstić information content (AvgIpc) is 3.05. The Hall–Kier alpha value is -1.02. The first-order valence-corrected chi connectivity index (χ1v) is 8.37. The first kappa shape index (κ1) is 15.9. The molecule has 2 saturated heterocycles. The van der Waals surface area contributed by atoms with Crippen LogP contribution in [0, 0.1) is 5.92 Å². The molecule has 0 spiro atoms. The summed E-state index contributed by atoms with van der Waals surface area (Å²) in [6, 6.07) is 3.64. The van der Waals surface area contributed by atoms with E-state index in [0.29, 0.717) is 31.5 Å². The third-order valence-corrected chi connectivity index (χ3v) is 4.50. The smallest absolute Gasteiger partial charge is 0.239 e. The highest BCUT2D eigenvalue weighted by Gasteiger charge is 2.30. The minimum atomic E-state index is -0.0389. The van der Waals surface area contributed by atoms with E-state index in [1.807, 2.05) is 6.07 Å². The van der Waals surface area contributed by atoms with Crippen molar-refractivity contribution in [3.05, 3.63) is 22.8 Å². The van der Waals surface area contributed by atoms with E-state index in [2.05, 4.69) is 31.1 Å². The lowest BCUT2D eigenvalue weighted by Crippen LogP contribution is -2.41. The van der Waals surface area contributed by atoms with Gasteiger partial charge >= 0.3 is 0 Å². The van der Waals surface area contributed by atoms with Gasteiger partial charge in [0, 0.05) is 16.6 Å². The van der Waals surface area contributed by atoms with E-state index >= 15 is 0 Å². The van der Waals surface area contributed by atoms with Crippen LogP contribution in [0.25, 0.3) is 0 Å². The van der Waals surface area contributed by atoms with Crippen molar-refractivity contribution in [2.75, 3.05) is 38.2 Å². The molecule has 120 valence electrons. The van der Waals surface area contributed by atoms with Crippen LogP contribution in [-0.2, 0) is 14.3 Å². The van der Waals surface area contributed by atoms with Crippen LogP contribution in [0.15, 0.2) is 22.8 Å². The molecule has 0 unspecified atom stereocenters. The molecule has 3 heterocycles. The van der Waals surface area contributed by atoms with Crippen molar-refractivity contribution >= 4 is 27.7 Å². The van der Waals surface area contributed by atoms with Crippen LogP contribution >= 0.6 is 15.9 Å². The molecule has 1 aromatic rings. The summed E-state index contributed by atoms with van der Waals surface area (Å²) < 4.78 is 12.0. The van der Waals surface area contributed by atoms with Gasteiger partial charge in [0.2, 0.25) is 5.91 Å². The van der Waals surface area contributed by atoms with Crippen molar-refractivity contribution in [3.63, 3.8) is 0 Å². The number of nitrogens with zero attached hydrogens (tertiary/aromatic N) is 2. The first-order chi connectivity index (χ1) is 10.7. The van der Waals surface area contributed by atoms with Crippen LogP contribution in [0.1, 0.15) is 12.8 Å². The molecular weight excluding hydrogens is 350 g/mol. The summed E-state index contributed by atoms with van der Waals surface area (Å²) in [6.07, 6.45) is 3.65. The van der Waals surface area contributed by atoms with E-state index in [-0.39, 0.29) is 12.2 Å². The third kappa shape index (κ3) is 4.25. The van der Waals surface area contributed by atoms with Crippen molar-refractivity contribution in [2.24, 2.45) is 5.92 Å². The number of anilines is 1. The molecule has 2 aliphatic rings. The van der Waals surface area contributed by atoms with Crippen LogP contribution in [-0.4, -0.2) is 54.9 Å². The number of hydrogen-bond donors (Lipinski definition) is 1. The Balaban J connectivity index is 1.42. The van der Waals surface area contributed by atoms with E-state index in [0.717, 1.165) is 30.4 Å². The summed E-state index contributed by atoms with van der Waals surface area (Å²) in [5, 5.41) is 2.82. The lowest BCUT2D eigenvalue weighted by atomic mass is 9.96. The standard InChI is InChI=1S/C15H20BrN3O3/c16-12-1-2-13(17-9-12)18-14(20)10-19-5-3-11(4-6-19)15-21-7-8-22-15/h1-2,9,11,15H,3-8,10H2,(H,17,18,20). The van der Waals surface area contributed by atoms with Gasteiger partial charge in [-0.25, -0.2) is 4.98 Å². The van der Waals surface area contributed by atoms with Gasteiger partial charge in [0.15, 0.2) is 6.29 Å². The van der Waals surface area contributed by atoms with Crippen molar-refractivity contribution in [1.82, 2.24) is 9.88 Å². The molecule has 0 bridgehead atoms. The normalized spacial score (nSPS) is 21.1. The molecular formula is C15H20BrN3O3. The molecule has 1 amide bonds. The molecule has 0 radical (unpaired) electrons. The molecule has 6 nitrogen and oxygen atoms in total. The molecule has 0 atom stereocenters. The van der Waals surface area contributed by atoms with E-state index in [9.17, 15) is 4.79 Å². The first-order valence-electron chi connectivity index (χ1n) is 7.58. The van der Waals surface area contributed by atoms with Gasteiger partial charge in [-0.1, -0.05) is 0 Å². The Morgan fingerprint density at radius 1 is 1.32 bits per heavy atom. The number of carbonyl (C=O) groups is 1. The third-order valence-electron chi connectivity index (χ3n) is 4.03. The maximum atomic E-state index is 12.0. The highest BCUT2D eigenvalue weighted by molar-refractivity contribution is 9.10. The average molecular weight is 370 g/mol. The Labute approximate surface area is 138 Å². The second-order valence-electron chi connectivity index (χ2n) is 5.63. The number of ether oxygens (including phenoxy) is 2. The number of amides is 1. The van der Waals surface area contributed by atoms with Gasteiger partial charge in [-0.05, 0) is 54.0 Å². The molecule has 2 fully saturated rings. The van der Waals surface area contributed by atoms with E-state index in [4.69, 9.17) is 9.47 Å². The summed E-state index contributed by atoms with van der Waals surface area (Å²) in [6.45, 7) is 3.60. The zero-order valence-electron chi connectivity index (χ0n) is 12.3. The molecule has 7 heteroatoms. The van der Waals surface area contributed by atoms with Gasteiger partial charge in [-0.15, -0.1) is 0 Å². The zero-order chi connectivity index (χ0) is 15.4. The number of aromatic nitrogens is 1. The highest BCUT2D eigenvalue weighted by Crippen LogP contribution is 2.25. The summed E-state index contributed by atoms with van der Waals surface area (Å²) in [4.78, 5) is 18.4. The van der Waals surface area contributed by atoms with Crippen LogP contribution in [0.4, 0.5) is 5.82 Å². The molecule has 0 aromatic carbocycles. The number of rotatable bonds is 4. The number of piperidine rings is 1. The minimum Gasteiger partial charge on any atom is -0.350 e. The minimum absolute atomic E-state index is 0.0263. The van der Waals surface area contributed by atoms with Gasteiger partial charge < -0.3 is 14.8 Å². The summed E-state index contributed by atoms with van der Waals surface area (Å²) in [5.41, 5.74) is 0. The number of halogens is 1. The Kier molecular flexibility index (Phi) is 5.41. The number of nitrogens with one attached hydrogen (secondary N) is 1. The van der Waals surface area contributed by atoms with Gasteiger partial charge in [-0.3, -0.25) is 9.69 Å². The molecule has 1 N–H and O–H groups in total. The predicted molar refractivity (Wildman–Crippen MR) is 85.4 cm³/mol. The predicted octanol–water partition coefficient (Wildman–Crippen LogP) is 1.87. The fourth-order valence-corrected chi connectivity index (χ4v) is 3.10. The number of hydrogen-bond acceptors (Lipinski definition) is 5. The monoisotopic (exact) mass is 369 g/mol. The van der Waals surface area contributed by atoms with E-state index in [1.54, 1.807) is 12.3 Å². The molecule has 3 rings (SSSR count). The van der Waals surface area contributed by atoms with Crippen molar-refractivity contribution < 1.29 is 14.3 Å². The molecule has 22 heavy (non-hydrogen) atoms. The van der Waals surface area contributed by atoms with Crippen LogP contribution in [0.2, 0.25) is 0 Å². The van der Waals surface area contributed by atoms with Gasteiger partial charge in [0.05, 0.1) is 19.8 Å². The fourth-order valence-electron chi connectivity index (χ4n) is 2.87. The topological polar surface area (TPSA) is 63.7 Å². The summed E-state index contributed by atoms with van der Waals surface area (Å²) >= 11 is 3.32. The number of likely N-dealkylation sites (tertiary alicyclic amines) is 1. The van der Waals surface area contributed by atoms with Crippen LogP contribution < -0.4 is 5.32 Å². The molecule has 0 aliphatic carbocycles. The fraction of sp³-hybridized carbons (Fsp3) is 0.600. The maximum absolute atomic E-state index is 12.0. The lowest BCUT2D eigenvalue weighted by molar-refractivity contribution is -0.119. The quantitative estimate of drug-likeness (QED) is 0.877. The highest BCUT2D eigenvalue weighted by atomic mass is 79.9. The largest absolute Gasteiger partial charge is 0.350 e. The number of pyridine rings is 1. The Morgan fingerprint density at radius 3 is 2.68 bits per heavy atom. The van der Waals surface area contributed by atoms with Crippen molar-refractivity contribution in [3.8, 4) is 0 Å². The summed E-state index contributed by atoms with van der Waals surface area (Å²) in [7, 11) is 0. The SMILES string of the molecule is O=C(CN1CCC(C2OCCO2)CC1)Nc1ccc(Br)cn1. The maximum Gasteiger partial charge on any atom is 0.239 e. The summed E-state index contributed by atoms with van der Waals surface area (Å²) in [5.74, 6) is 1.01. The van der Waals surface area contributed by atoms with Crippen LogP contribution in [0.5, 0.6) is 0 Å². The van der Waals surface area contributed by atoms with Gasteiger partial charge in [0.1, 0.15) is 5.82 Å². The zero-order valence-corrected chi connectivity index (χ0v) is 13.9. The van der Waals surface area contributed by atoms with E-state index in [1.165, 1.54) is 0 Å². The van der Waals surface area contributed by atoms with Gasteiger partial charge in [-0.2, -0.15) is 0 Å². The Morgan fingerprint density at radius 2 is 2.05 bits per heavy atom. The van der Waals surface area contributed by atoms with Crippen LogP contribution in [0.3, 0.4) is 0 Å². The van der Waals surface area contributed by atoms with Gasteiger partial charge in [0.25, 0.3) is 0 Å². The lowest BCUT2D eigenvalue weighted by Gasteiger charge is -2.33.